The van der Waals surface area contributed by atoms with E-state index >= 15 is 0 Å². The van der Waals surface area contributed by atoms with Gasteiger partial charge in [-0.15, -0.1) is 11.8 Å². The number of fused-ring (bicyclic) bond motifs is 1. The minimum atomic E-state index is -3.58. The molecule has 8 rings (SSSR count). The summed E-state index contributed by atoms with van der Waals surface area (Å²) in [6.07, 6.45) is 6.63. The fraction of sp³-hybridized carbons (Fsp3) is 0.426. The molecule has 4 aliphatic rings. The van der Waals surface area contributed by atoms with E-state index in [9.17, 15) is 28.5 Å². The van der Waals surface area contributed by atoms with Crippen LogP contribution in [0.4, 0.5) is 28.8 Å². The van der Waals surface area contributed by atoms with E-state index in [0.29, 0.717) is 70.0 Å². The zero-order valence-corrected chi connectivity index (χ0v) is 40.7. The van der Waals surface area contributed by atoms with Crippen LogP contribution < -0.4 is 30.9 Å². The average molecular weight is 989 g/mol. The molecule has 0 bridgehead atoms. The van der Waals surface area contributed by atoms with E-state index in [1.165, 1.54) is 32.2 Å². The minimum absolute atomic E-state index is 0.0741. The Hall–Kier alpha value is -5.56. The molecule has 1 aromatic heterocycles. The summed E-state index contributed by atoms with van der Waals surface area (Å²) in [4.78, 5) is 81.4. The van der Waals surface area contributed by atoms with Gasteiger partial charge >= 0.3 is 7.60 Å². The average Bonchev–Trinajstić information content (AvgIpc) is 3.62. The lowest BCUT2D eigenvalue weighted by Gasteiger charge is -2.43. The van der Waals surface area contributed by atoms with E-state index in [-0.39, 0.29) is 35.3 Å². The highest BCUT2D eigenvalue weighted by molar-refractivity contribution is 7.99. The highest BCUT2D eigenvalue weighted by Gasteiger charge is 2.45. The van der Waals surface area contributed by atoms with Crippen LogP contribution in [0.3, 0.4) is 0 Å². The van der Waals surface area contributed by atoms with Crippen LogP contribution in [0.2, 0.25) is 5.02 Å². The molecule has 0 saturated carbocycles. The molecule has 4 aromatic rings. The number of unbranched alkanes of at least 4 members (excludes halogenated alkanes) is 2. The SMILES string of the molecule is COc1cc(N2CCC(N3CCN(C(=O)CCCCCSc4cccc5c4C(=O)N(C4CCC(=O)NC4=O)C5=O)CC3)CC2)ccc1Nc1ncc(Cl)c(Nc2ccccc2P(=O)(OC)OC)n1. The van der Waals surface area contributed by atoms with Crippen LogP contribution >= 0.6 is 31.0 Å². The molecule has 3 N–H and O–H groups in total. The van der Waals surface area contributed by atoms with Crippen molar-refractivity contribution in [2.45, 2.75) is 68.3 Å². The number of para-hydroxylation sites is 1. The number of nitrogens with one attached hydrogen (secondary N) is 3. The van der Waals surface area contributed by atoms with Crippen molar-refractivity contribution in [2.24, 2.45) is 0 Å². The molecule has 3 saturated heterocycles. The number of thioether (sulfide) groups is 1. The number of amides is 5. The molecular formula is C47H55ClN9O9PS. The first-order valence-corrected chi connectivity index (χ1v) is 25.6. The summed E-state index contributed by atoms with van der Waals surface area (Å²) in [5.74, 6) is 0.0416. The Morgan fingerprint density at radius 2 is 1.63 bits per heavy atom. The van der Waals surface area contributed by atoms with Gasteiger partial charge in [-0.1, -0.05) is 36.2 Å². The van der Waals surface area contributed by atoms with Gasteiger partial charge < -0.3 is 34.2 Å². The molecule has 0 aliphatic carbocycles. The van der Waals surface area contributed by atoms with E-state index in [0.717, 1.165) is 68.9 Å². The molecule has 1 unspecified atom stereocenters. The Bertz CT molecular complexity index is 2600. The maximum absolute atomic E-state index is 13.4. The number of piperidine rings is 2. The number of aromatic nitrogens is 2. The molecular weight excluding hydrogens is 933 g/mol. The number of imide groups is 2. The van der Waals surface area contributed by atoms with Gasteiger partial charge in [-0.05, 0) is 74.3 Å². The van der Waals surface area contributed by atoms with Gasteiger partial charge in [-0.3, -0.25) is 43.7 Å². The van der Waals surface area contributed by atoms with Crippen molar-refractivity contribution in [1.29, 1.82) is 0 Å². The number of halogens is 1. The van der Waals surface area contributed by atoms with Gasteiger partial charge in [0.1, 0.15) is 16.8 Å². The summed E-state index contributed by atoms with van der Waals surface area (Å²) in [7, 11) is 0.694. The van der Waals surface area contributed by atoms with Crippen LogP contribution in [-0.4, -0.2) is 133 Å². The number of nitrogens with zero attached hydrogens (tertiary/aromatic N) is 6. The van der Waals surface area contributed by atoms with Crippen LogP contribution in [0.25, 0.3) is 0 Å². The Morgan fingerprint density at radius 1 is 0.868 bits per heavy atom. The molecule has 68 heavy (non-hydrogen) atoms. The standard InChI is InChI=1S/C47H55ClN9O9PS/c1-64-37-28-31(15-16-34(37)51-47-49-29-33(48)43(53-47)50-35-11-6-7-12-38(35)67(63,65-2)66-3)54-21-19-30(20-22-54)55-23-25-56(26-24-55)41(59)14-5-4-8-27-68-39-13-9-10-32-42(39)46(62)57(45(32)61)36-17-18-40(58)52-44(36)60/h6-7,9-13,15-16,28-30,36H,4-5,8,14,17-27H2,1-3H3,(H,52,58,60)(H2,49,50,51,53). The zero-order chi connectivity index (χ0) is 48.0. The van der Waals surface area contributed by atoms with Crippen LogP contribution in [0, 0.1) is 0 Å². The summed E-state index contributed by atoms with van der Waals surface area (Å²) in [5, 5.41) is 9.21. The Morgan fingerprint density at radius 3 is 2.37 bits per heavy atom. The molecule has 21 heteroatoms. The first-order chi connectivity index (χ1) is 32.9. The Balaban J connectivity index is 0.755. The summed E-state index contributed by atoms with van der Waals surface area (Å²) >= 11 is 7.99. The molecule has 5 heterocycles. The first kappa shape index (κ1) is 48.9. The van der Waals surface area contributed by atoms with Crippen molar-refractivity contribution in [1.82, 2.24) is 30.0 Å². The van der Waals surface area contributed by atoms with Gasteiger partial charge in [-0.2, -0.15) is 4.98 Å². The van der Waals surface area contributed by atoms with Crippen LogP contribution in [0.15, 0.2) is 71.8 Å². The van der Waals surface area contributed by atoms with Crippen molar-refractivity contribution in [3.05, 3.63) is 83.0 Å². The summed E-state index contributed by atoms with van der Waals surface area (Å²) in [6, 6.07) is 17.5. The third kappa shape index (κ3) is 10.7. The number of anilines is 5. The molecule has 360 valence electrons. The molecule has 18 nitrogen and oxygen atoms in total. The molecule has 3 aromatic carbocycles. The van der Waals surface area contributed by atoms with Crippen molar-refractivity contribution in [3.63, 3.8) is 0 Å². The van der Waals surface area contributed by atoms with Gasteiger partial charge in [-0.25, -0.2) is 4.98 Å². The highest BCUT2D eigenvalue weighted by atomic mass is 35.5. The maximum atomic E-state index is 13.4. The molecule has 4 aliphatic heterocycles. The molecule has 0 spiro atoms. The van der Waals surface area contributed by atoms with Crippen LogP contribution in [0.5, 0.6) is 5.75 Å². The van der Waals surface area contributed by atoms with E-state index in [4.69, 9.17) is 25.4 Å². The van der Waals surface area contributed by atoms with Gasteiger partial charge in [0, 0.05) is 89.0 Å². The van der Waals surface area contributed by atoms with E-state index in [1.54, 1.807) is 43.5 Å². The second-order valence-electron chi connectivity index (χ2n) is 16.8. The van der Waals surface area contributed by atoms with Gasteiger partial charge in [0.2, 0.25) is 23.7 Å². The van der Waals surface area contributed by atoms with E-state index < -0.39 is 37.3 Å². The normalized spacial score (nSPS) is 18.2. The monoisotopic (exact) mass is 987 g/mol. The fourth-order valence-electron chi connectivity index (χ4n) is 9.16. The van der Waals surface area contributed by atoms with Crippen molar-refractivity contribution < 1.29 is 42.3 Å². The van der Waals surface area contributed by atoms with Crippen LogP contribution in [-0.2, 0) is 28.0 Å². The smallest absolute Gasteiger partial charge is 0.362 e. The summed E-state index contributed by atoms with van der Waals surface area (Å²) < 4.78 is 29.5. The first-order valence-electron chi connectivity index (χ1n) is 22.7. The zero-order valence-electron chi connectivity index (χ0n) is 38.2. The number of carbonyl (C=O) groups excluding carboxylic acids is 5. The predicted octanol–water partition coefficient (Wildman–Crippen LogP) is 6.60. The third-order valence-corrected chi connectivity index (χ3v) is 16.2. The number of carbonyl (C=O) groups is 5. The molecule has 1 atom stereocenters. The predicted molar refractivity (Wildman–Crippen MR) is 260 cm³/mol. The number of hydrogen-bond acceptors (Lipinski definition) is 16. The Kier molecular flexibility index (Phi) is 15.7. The summed E-state index contributed by atoms with van der Waals surface area (Å²) in [5.41, 5.74) is 2.77. The second kappa shape index (κ2) is 21.8. The lowest BCUT2D eigenvalue weighted by atomic mass is 10.0. The van der Waals surface area contributed by atoms with Crippen molar-refractivity contribution >= 4 is 94.6 Å². The molecule has 5 amide bonds. The maximum Gasteiger partial charge on any atom is 0.362 e. The number of piperazine rings is 1. The topological polar surface area (TPSA) is 205 Å². The number of benzene rings is 3. The Labute approximate surface area is 404 Å². The lowest BCUT2D eigenvalue weighted by molar-refractivity contribution is -0.136. The number of hydrogen-bond donors (Lipinski definition) is 3. The summed E-state index contributed by atoms with van der Waals surface area (Å²) in [6.45, 7) is 4.90. The highest BCUT2D eigenvalue weighted by Crippen LogP contribution is 2.47. The van der Waals surface area contributed by atoms with Crippen molar-refractivity contribution in [3.8, 4) is 5.75 Å². The lowest BCUT2D eigenvalue weighted by Crippen LogP contribution is -2.54. The van der Waals surface area contributed by atoms with E-state index in [1.807, 2.05) is 29.2 Å². The van der Waals surface area contributed by atoms with Crippen molar-refractivity contribution in [2.75, 3.05) is 81.9 Å². The largest absolute Gasteiger partial charge is 0.494 e. The van der Waals surface area contributed by atoms with Gasteiger partial charge in [0.25, 0.3) is 11.8 Å². The van der Waals surface area contributed by atoms with Gasteiger partial charge in [0.15, 0.2) is 5.82 Å². The third-order valence-electron chi connectivity index (χ3n) is 12.8. The second-order valence-corrected chi connectivity index (χ2v) is 20.6. The van der Waals surface area contributed by atoms with E-state index in [2.05, 4.69) is 35.7 Å². The van der Waals surface area contributed by atoms with Gasteiger partial charge in [0.05, 0.1) is 41.1 Å². The molecule has 3 fully saturated rings. The van der Waals surface area contributed by atoms with Crippen LogP contribution in [0.1, 0.15) is 72.1 Å². The number of ether oxygens (including phenoxy) is 1. The number of rotatable bonds is 18. The molecule has 0 radical (unpaired) electrons. The fourth-order valence-corrected chi connectivity index (χ4v) is 11.6. The quantitative estimate of drug-likeness (QED) is 0.0416. The number of methoxy groups -OCH3 is 1. The minimum Gasteiger partial charge on any atom is -0.494 e.